The van der Waals surface area contributed by atoms with E-state index in [0.717, 1.165) is 80.7 Å². The van der Waals surface area contributed by atoms with Crippen LogP contribution in [-0.4, -0.2) is 33.5 Å². The second-order valence-corrected chi connectivity index (χ2v) is 19.5. The Bertz CT molecular complexity index is 2910. The van der Waals surface area contributed by atoms with Gasteiger partial charge in [-0.25, -0.2) is 0 Å². The molecule has 1 spiro atoms. The highest BCUT2D eigenvalue weighted by Crippen LogP contribution is 2.67. The zero-order valence-electron chi connectivity index (χ0n) is 38.5. The van der Waals surface area contributed by atoms with Crippen molar-refractivity contribution in [2.45, 2.75) is 64.6 Å². The van der Waals surface area contributed by atoms with Crippen LogP contribution in [0.3, 0.4) is 0 Å². The van der Waals surface area contributed by atoms with Gasteiger partial charge >= 0.3 is 0 Å². The fourth-order valence-corrected chi connectivity index (χ4v) is 11.9. The topological polar surface area (TPSA) is 75.6 Å². The predicted molar refractivity (Wildman–Crippen MR) is 259 cm³/mol. The number of fused-ring (bicyclic) bond motifs is 10. The zero-order valence-corrected chi connectivity index (χ0v) is 38.5. The van der Waals surface area contributed by atoms with E-state index in [1.165, 1.54) is 22.3 Å². The van der Waals surface area contributed by atoms with E-state index in [1.807, 2.05) is 66.7 Å². The van der Waals surface area contributed by atoms with Gasteiger partial charge in [0.15, 0.2) is 5.60 Å². The van der Waals surface area contributed by atoms with E-state index in [2.05, 4.69) is 101 Å². The third kappa shape index (κ3) is 6.99. The smallest absolute Gasteiger partial charge is 0.178 e. The molecule has 7 aromatic carbocycles. The Hall–Kier alpha value is -6.70. The molecule has 0 unspecified atom stereocenters. The minimum atomic E-state index is -1.03. The summed E-state index contributed by atoms with van der Waals surface area (Å²) in [5.41, 5.74) is 9.38. The Kier molecular flexibility index (Phi) is 10.3. The SMILES string of the molecule is COc1ccc(C2(c3ccc(OC)cc3)C=Cc3c4c(c5cc(Oc6ccc(CO)cc6)c(-c6ccc(OC)cc6OC)cc5c3O2)-c2ccccc2C42CC(C)(C)CC(C)(C)C2)cc1. The average Bonchev–Trinajstić information content (AvgIpc) is 3.58. The monoisotopic (exact) mass is 864 g/mol. The summed E-state index contributed by atoms with van der Waals surface area (Å²) >= 11 is 0. The summed E-state index contributed by atoms with van der Waals surface area (Å²) in [5.74, 6) is 4.96. The summed E-state index contributed by atoms with van der Waals surface area (Å²) in [4.78, 5) is 0. The van der Waals surface area contributed by atoms with Crippen LogP contribution in [0.15, 0.2) is 133 Å². The molecule has 7 heteroatoms. The second-order valence-electron chi connectivity index (χ2n) is 19.5. The maximum Gasteiger partial charge on any atom is 0.178 e. The fraction of sp³-hybridized carbons (Fsp3) is 0.276. The van der Waals surface area contributed by atoms with Crippen molar-refractivity contribution in [2.75, 3.05) is 28.4 Å². The molecule has 330 valence electrons. The van der Waals surface area contributed by atoms with Gasteiger partial charge in [0.05, 0.1) is 35.0 Å². The van der Waals surface area contributed by atoms with Gasteiger partial charge in [0.2, 0.25) is 0 Å². The van der Waals surface area contributed by atoms with Crippen LogP contribution >= 0.6 is 0 Å². The Morgan fingerprint density at radius 2 is 1.15 bits per heavy atom. The van der Waals surface area contributed by atoms with E-state index < -0.39 is 5.60 Å². The maximum absolute atomic E-state index is 9.90. The van der Waals surface area contributed by atoms with E-state index in [4.69, 9.17) is 28.4 Å². The Morgan fingerprint density at radius 3 is 1.75 bits per heavy atom. The van der Waals surface area contributed by atoms with Gasteiger partial charge in [0.25, 0.3) is 0 Å². The minimum Gasteiger partial charge on any atom is -0.497 e. The molecule has 0 aromatic heterocycles. The summed E-state index contributed by atoms with van der Waals surface area (Å²) in [5, 5.41) is 11.9. The molecule has 0 atom stereocenters. The number of aliphatic hydroxyl groups is 1. The molecule has 7 aromatic rings. The van der Waals surface area contributed by atoms with Crippen LogP contribution < -0.4 is 28.4 Å². The minimum absolute atomic E-state index is 0.0529. The summed E-state index contributed by atoms with van der Waals surface area (Å²) in [6.45, 7) is 9.71. The molecule has 1 fully saturated rings. The van der Waals surface area contributed by atoms with Gasteiger partial charge < -0.3 is 33.5 Å². The number of ether oxygens (including phenoxy) is 6. The molecule has 1 N–H and O–H groups in total. The first-order valence-corrected chi connectivity index (χ1v) is 22.4. The van der Waals surface area contributed by atoms with Gasteiger partial charge in [0.1, 0.15) is 40.2 Å². The van der Waals surface area contributed by atoms with Gasteiger partial charge in [-0.2, -0.15) is 0 Å². The highest BCUT2D eigenvalue weighted by atomic mass is 16.5. The maximum atomic E-state index is 9.90. The van der Waals surface area contributed by atoms with Crippen LogP contribution in [0.2, 0.25) is 0 Å². The number of hydrogen-bond donors (Lipinski definition) is 1. The summed E-state index contributed by atoms with van der Waals surface area (Å²) < 4.78 is 38.0. The predicted octanol–water partition coefficient (Wildman–Crippen LogP) is 13.7. The lowest BCUT2D eigenvalue weighted by molar-refractivity contribution is 0.0642. The summed E-state index contributed by atoms with van der Waals surface area (Å²) in [6.07, 6.45) is 7.70. The number of aliphatic hydroxyl groups excluding tert-OH is 1. The number of rotatable bonds is 10. The van der Waals surface area contributed by atoms with Crippen LogP contribution in [0.4, 0.5) is 0 Å². The highest BCUT2D eigenvalue weighted by molar-refractivity contribution is 6.11. The normalized spacial score (nSPS) is 16.8. The number of methoxy groups -OCH3 is 4. The third-order valence-electron chi connectivity index (χ3n) is 13.9. The van der Waals surface area contributed by atoms with Gasteiger partial charge in [-0.05, 0) is 130 Å². The van der Waals surface area contributed by atoms with Gasteiger partial charge in [-0.1, -0.05) is 94.4 Å². The molecule has 0 saturated heterocycles. The first-order chi connectivity index (χ1) is 31.3. The molecule has 1 heterocycles. The molecule has 65 heavy (non-hydrogen) atoms. The largest absolute Gasteiger partial charge is 0.497 e. The quantitative estimate of drug-likeness (QED) is 0.147. The lowest BCUT2D eigenvalue weighted by Gasteiger charge is -2.52. The van der Waals surface area contributed by atoms with Crippen LogP contribution in [0.5, 0.6) is 40.2 Å². The third-order valence-corrected chi connectivity index (χ3v) is 13.9. The molecule has 1 saturated carbocycles. The van der Waals surface area contributed by atoms with E-state index in [0.29, 0.717) is 23.0 Å². The van der Waals surface area contributed by atoms with Gasteiger partial charge in [-0.3, -0.25) is 0 Å². The number of benzene rings is 7. The molecule has 1 aliphatic heterocycles. The highest BCUT2D eigenvalue weighted by Gasteiger charge is 2.55. The molecular weight excluding hydrogens is 809 g/mol. The molecule has 0 radical (unpaired) electrons. The van der Waals surface area contributed by atoms with Crippen molar-refractivity contribution in [2.24, 2.45) is 10.8 Å². The molecule has 0 bridgehead atoms. The Balaban J connectivity index is 1.34. The van der Waals surface area contributed by atoms with E-state index in [9.17, 15) is 5.11 Å². The molecule has 10 rings (SSSR count). The van der Waals surface area contributed by atoms with Crippen molar-refractivity contribution in [3.05, 3.63) is 167 Å². The van der Waals surface area contributed by atoms with Crippen LogP contribution in [0, 0.1) is 10.8 Å². The first-order valence-electron chi connectivity index (χ1n) is 22.4. The molecule has 2 aliphatic carbocycles. The van der Waals surface area contributed by atoms with E-state index in [1.54, 1.807) is 28.4 Å². The lowest BCUT2D eigenvalue weighted by atomic mass is 9.52. The molecule has 7 nitrogen and oxygen atoms in total. The lowest BCUT2D eigenvalue weighted by Crippen LogP contribution is -2.44. The van der Waals surface area contributed by atoms with Crippen molar-refractivity contribution in [1.82, 2.24) is 0 Å². The zero-order chi connectivity index (χ0) is 45.3. The van der Waals surface area contributed by atoms with Gasteiger partial charge in [-0.15, -0.1) is 0 Å². The molecule has 3 aliphatic rings. The summed E-state index contributed by atoms with van der Waals surface area (Å²) in [6, 6.07) is 43.3. The second kappa shape index (κ2) is 15.8. The Morgan fingerprint density at radius 1 is 0.554 bits per heavy atom. The van der Waals surface area contributed by atoms with Crippen molar-refractivity contribution in [3.8, 4) is 62.5 Å². The van der Waals surface area contributed by atoms with E-state index >= 15 is 0 Å². The van der Waals surface area contributed by atoms with Crippen LogP contribution in [0.1, 0.15) is 80.3 Å². The molecule has 0 amide bonds. The van der Waals surface area contributed by atoms with Crippen molar-refractivity contribution >= 4 is 16.8 Å². The van der Waals surface area contributed by atoms with Crippen molar-refractivity contribution in [3.63, 3.8) is 0 Å². The first kappa shape index (κ1) is 42.3. The van der Waals surface area contributed by atoms with E-state index in [-0.39, 0.29) is 22.9 Å². The average molecular weight is 865 g/mol. The Labute approximate surface area is 382 Å². The number of hydrogen-bond acceptors (Lipinski definition) is 7. The van der Waals surface area contributed by atoms with Crippen molar-refractivity contribution in [1.29, 1.82) is 0 Å². The van der Waals surface area contributed by atoms with Gasteiger partial charge in [0, 0.05) is 44.7 Å². The van der Waals surface area contributed by atoms with Crippen LogP contribution in [0.25, 0.3) is 39.1 Å². The van der Waals surface area contributed by atoms with Crippen LogP contribution in [-0.2, 0) is 17.6 Å². The standard InChI is InChI=1S/C58H56O7/c1-55(2)33-56(3,4)35-57(34-55)49-12-10-9-11-44(49)52-47-31-51(64-41-19-13-36(32-59)14-20-41)46(43-26-25-42(62-7)29-50(43)63-8)30-48(47)54-45(53(52)57)27-28-58(65-54,37-15-21-39(60-5)22-16-37)38-17-23-40(61-6)24-18-38/h9-31,59H,32-35H2,1-8H3. The fourth-order valence-electron chi connectivity index (χ4n) is 11.9. The van der Waals surface area contributed by atoms with Crippen molar-refractivity contribution < 1.29 is 33.5 Å². The molecular formula is C58H56O7. The summed E-state index contributed by atoms with van der Waals surface area (Å²) in [7, 11) is 6.71.